The minimum Gasteiger partial charge on any atom is -0.508 e. The van der Waals surface area contributed by atoms with E-state index in [1.807, 2.05) is 12.1 Å². The van der Waals surface area contributed by atoms with Crippen LogP contribution in [0.5, 0.6) is 5.75 Å². The molecule has 3 heteroatoms. The van der Waals surface area contributed by atoms with Gasteiger partial charge in [0.05, 0.1) is 11.4 Å². The van der Waals surface area contributed by atoms with Crippen LogP contribution in [0.15, 0.2) is 77.8 Å². The Morgan fingerprint density at radius 3 is 2.52 bits per heavy atom. The van der Waals surface area contributed by atoms with E-state index in [-0.39, 0.29) is 0 Å². The van der Waals surface area contributed by atoms with Gasteiger partial charge in [-0.05, 0) is 72.2 Å². The number of phenolic OH excluding ortho intramolecular Hbond substituents is 1. The van der Waals surface area contributed by atoms with Crippen LogP contribution < -0.4 is 0 Å². The average Bonchev–Trinajstić information content (AvgIpc) is 3.15. The highest BCUT2D eigenvalue weighted by Gasteiger charge is 2.20. The molecule has 0 aliphatic heterocycles. The van der Waals surface area contributed by atoms with Gasteiger partial charge in [0.15, 0.2) is 0 Å². The number of H-pyrrole nitrogens is 1. The van der Waals surface area contributed by atoms with Gasteiger partial charge in [0.1, 0.15) is 5.75 Å². The monoisotopic (exact) mass is 380 g/mol. The van der Waals surface area contributed by atoms with E-state index in [1.165, 1.54) is 44.6 Å². The summed E-state index contributed by atoms with van der Waals surface area (Å²) < 4.78 is 0. The minimum absolute atomic E-state index is 0.310. The fourth-order valence-electron chi connectivity index (χ4n) is 4.26. The first-order valence-electron chi connectivity index (χ1n) is 10.3. The summed E-state index contributed by atoms with van der Waals surface area (Å²) >= 11 is 0. The van der Waals surface area contributed by atoms with Crippen LogP contribution >= 0.6 is 0 Å². The summed E-state index contributed by atoms with van der Waals surface area (Å²) in [7, 11) is 0. The summed E-state index contributed by atoms with van der Waals surface area (Å²) in [5, 5.41) is 10.8. The van der Waals surface area contributed by atoms with E-state index in [0.717, 1.165) is 32.2 Å². The van der Waals surface area contributed by atoms with E-state index in [9.17, 15) is 5.11 Å². The lowest BCUT2D eigenvalue weighted by atomic mass is 9.93. The van der Waals surface area contributed by atoms with E-state index >= 15 is 0 Å². The quantitative estimate of drug-likeness (QED) is 0.454. The van der Waals surface area contributed by atoms with Gasteiger partial charge in [0, 0.05) is 17.4 Å². The van der Waals surface area contributed by atoms with Crippen LogP contribution in [0.1, 0.15) is 29.7 Å². The first kappa shape index (κ1) is 17.7. The fraction of sp³-hybridized carbons (Fsp3) is 0.192. The Kier molecular flexibility index (Phi) is 4.65. The zero-order chi connectivity index (χ0) is 19.6. The molecule has 0 bridgehead atoms. The van der Waals surface area contributed by atoms with Crippen LogP contribution in [0.25, 0.3) is 22.0 Å². The van der Waals surface area contributed by atoms with Gasteiger partial charge in [-0.1, -0.05) is 48.5 Å². The number of nitrogens with zero attached hydrogens (tertiary/aromatic N) is 1. The molecule has 5 rings (SSSR count). The fourth-order valence-corrected chi connectivity index (χ4v) is 4.26. The zero-order valence-corrected chi connectivity index (χ0v) is 16.4. The molecule has 0 fully saturated rings. The summed E-state index contributed by atoms with van der Waals surface area (Å²) in [4.78, 5) is 8.58. The third-order valence-corrected chi connectivity index (χ3v) is 5.78. The van der Waals surface area contributed by atoms with Gasteiger partial charge in [-0.2, -0.15) is 0 Å². The maximum atomic E-state index is 9.42. The average molecular weight is 380 g/mol. The molecular weight excluding hydrogens is 356 g/mol. The maximum absolute atomic E-state index is 9.42. The predicted octanol–water partition coefficient (Wildman–Crippen LogP) is 5.91. The molecule has 0 saturated carbocycles. The lowest BCUT2D eigenvalue weighted by molar-refractivity contribution is 0.475. The summed E-state index contributed by atoms with van der Waals surface area (Å²) in [5.74, 6) is 0.310. The van der Waals surface area contributed by atoms with E-state index in [1.54, 1.807) is 12.1 Å². The molecule has 3 aromatic carbocycles. The molecule has 1 aliphatic rings. The van der Waals surface area contributed by atoms with E-state index in [2.05, 4.69) is 53.5 Å². The van der Waals surface area contributed by atoms with Crippen molar-refractivity contribution in [3.63, 3.8) is 0 Å². The molecule has 0 radical (unpaired) electrons. The summed E-state index contributed by atoms with van der Waals surface area (Å²) in [6.45, 7) is 0.768. The summed E-state index contributed by atoms with van der Waals surface area (Å²) in [6.07, 6.45) is 4.16. The highest BCUT2D eigenvalue weighted by atomic mass is 16.3. The third-order valence-electron chi connectivity index (χ3n) is 5.78. The molecule has 0 amide bonds. The third kappa shape index (κ3) is 3.56. The summed E-state index contributed by atoms with van der Waals surface area (Å²) in [5.41, 5.74) is 8.74. The van der Waals surface area contributed by atoms with Crippen molar-refractivity contribution in [2.24, 2.45) is 4.99 Å². The molecule has 0 saturated heterocycles. The number of aromatic hydroxyl groups is 1. The van der Waals surface area contributed by atoms with Gasteiger partial charge >= 0.3 is 0 Å². The molecule has 1 heterocycles. The molecule has 3 nitrogen and oxygen atoms in total. The van der Waals surface area contributed by atoms with Crippen molar-refractivity contribution >= 4 is 16.6 Å². The van der Waals surface area contributed by atoms with Crippen LogP contribution in [0, 0.1) is 0 Å². The topological polar surface area (TPSA) is 48.4 Å². The number of aliphatic imine (C=N–C) groups is 1. The minimum atomic E-state index is 0.310. The first-order chi connectivity index (χ1) is 14.3. The SMILES string of the molecule is Oc1ccc(CCN=C2CCCc3c2[nH]c2ccc(-c4ccccc4)cc32)cc1. The number of fused-ring (bicyclic) bond motifs is 3. The Morgan fingerprint density at radius 2 is 1.69 bits per heavy atom. The second-order valence-electron chi connectivity index (χ2n) is 7.70. The molecule has 0 spiro atoms. The van der Waals surface area contributed by atoms with Gasteiger partial charge in [-0.25, -0.2) is 0 Å². The smallest absolute Gasteiger partial charge is 0.115 e. The summed E-state index contributed by atoms with van der Waals surface area (Å²) in [6, 6.07) is 24.7. The first-order valence-corrected chi connectivity index (χ1v) is 10.3. The molecule has 2 N–H and O–H groups in total. The normalized spacial score (nSPS) is 15.0. The van der Waals surface area contributed by atoms with Gasteiger partial charge in [0.25, 0.3) is 0 Å². The number of aromatic nitrogens is 1. The van der Waals surface area contributed by atoms with Crippen LogP contribution in [-0.2, 0) is 12.8 Å². The number of rotatable bonds is 4. The number of benzene rings is 3. The van der Waals surface area contributed by atoms with Crippen LogP contribution in [-0.4, -0.2) is 22.3 Å². The molecule has 1 aliphatic carbocycles. The van der Waals surface area contributed by atoms with Crippen molar-refractivity contribution in [3.8, 4) is 16.9 Å². The highest BCUT2D eigenvalue weighted by Crippen LogP contribution is 2.32. The lowest BCUT2D eigenvalue weighted by Crippen LogP contribution is -2.12. The van der Waals surface area contributed by atoms with Crippen LogP contribution in [0.3, 0.4) is 0 Å². The van der Waals surface area contributed by atoms with Crippen molar-refractivity contribution < 1.29 is 5.11 Å². The van der Waals surface area contributed by atoms with Crippen molar-refractivity contribution in [2.75, 3.05) is 6.54 Å². The molecule has 0 atom stereocenters. The van der Waals surface area contributed by atoms with E-state index in [4.69, 9.17) is 4.99 Å². The van der Waals surface area contributed by atoms with Crippen molar-refractivity contribution in [1.82, 2.24) is 4.98 Å². The molecule has 4 aromatic rings. The Morgan fingerprint density at radius 1 is 0.862 bits per heavy atom. The van der Waals surface area contributed by atoms with Gasteiger partial charge in [0.2, 0.25) is 0 Å². The van der Waals surface area contributed by atoms with Crippen LogP contribution in [0.4, 0.5) is 0 Å². The van der Waals surface area contributed by atoms with Crippen molar-refractivity contribution in [3.05, 3.63) is 89.6 Å². The Bertz CT molecular complexity index is 1170. The molecule has 0 unspecified atom stereocenters. The maximum Gasteiger partial charge on any atom is 0.115 e. The predicted molar refractivity (Wildman–Crippen MR) is 120 cm³/mol. The highest BCUT2D eigenvalue weighted by molar-refractivity contribution is 6.07. The molecule has 29 heavy (non-hydrogen) atoms. The number of hydrogen-bond donors (Lipinski definition) is 2. The van der Waals surface area contributed by atoms with Gasteiger partial charge in [-0.3, -0.25) is 4.99 Å². The Hall–Kier alpha value is -3.33. The molecule has 1 aromatic heterocycles. The van der Waals surface area contributed by atoms with Crippen molar-refractivity contribution in [2.45, 2.75) is 25.7 Å². The lowest BCUT2D eigenvalue weighted by Gasteiger charge is -2.14. The van der Waals surface area contributed by atoms with Crippen molar-refractivity contribution in [1.29, 1.82) is 0 Å². The number of nitrogens with one attached hydrogen (secondary N) is 1. The van der Waals surface area contributed by atoms with E-state index < -0.39 is 0 Å². The number of phenols is 1. The number of aryl methyl sites for hydroxylation is 1. The largest absolute Gasteiger partial charge is 0.508 e. The molecular formula is C26H24N2O. The Labute approximate surface area is 170 Å². The van der Waals surface area contributed by atoms with Gasteiger partial charge in [-0.15, -0.1) is 0 Å². The second-order valence-corrected chi connectivity index (χ2v) is 7.70. The zero-order valence-electron chi connectivity index (χ0n) is 16.4. The number of aromatic amines is 1. The second kappa shape index (κ2) is 7.59. The standard InChI is InChI=1S/C26H24N2O/c29-21-12-9-18(10-13-21)15-16-27-25-8-4-7-22-23-17-20(19-5-2-1-3-6-19)11-14-24(23)28-26(22)25/h1-3,5-6,9-14,17,28-29H,4,7-8,15-16H2. The van der Waals surface area contributed by atoms with Gasteiger partial charge < -0.3 is 10.1 Å². The number of hydrogen-bond acceptors (Lipinski definition) is 2. The van der Waals surface area contributed by atoms with E-state index in [0.29, 0.717) is 5.75 Å². The van der Waals surface area contributed by atoms with Crippen LogP contribution in [0.2, 0.25) is 0 Å². The Balaban J connectivity index is 1.44. The molecule has 144 valence electrons.